The zero-order chi connectivity index (χ0) is 19.3. The maximum Gasteiger partial charge on any atom is 0.416 e. The van der Waals surface area contributed by atoms with Crippen LogP contribution >= 0.6 is 0 Å². The number of hydrogen-bond acceptors (Lipinski definition) is 4. The molecule has 0 heterocycles. The van der Waals surface area contributed by atoms with Crippen molar-refractivity contribution in [1.82, 2.24) is 0 Å². The first-order chi connectivity index (χ1) is 12.2. The Kier molecular flexibility index (Phi) is 5.81. The largest absolute Gasteiger partial charge is 0.493 e. The number of benzene rings is 2. The molecule has 0 spiro atoms. The van der Waals surface area contributed by atoms with Crippen LogP contribution in [-0.4, -0.2) is 17.4 Å². The molecule has 0 radical (unpaired) electrons. The number of nitro groups is 1. The van der Waals surface area contributed by atoms with Gasteiger partial charge in [-0.3, -0.25) is 14.9 Å². The van der Waals surface area contributed by atoms with Crippen LogP contribution < -0.4 is 10.1 Å². The van der Waals surface area contributed by atoms with Crippen molar-refractivity contribution < 1.29 is 27.6 Å². The minimum absolute atomic E-state index is 0.0568. The van der Waals surface area contributed by atoms with Gasteiger partial charge in [-0.25, -0.2) is 0 Å². The van der Waals surface area contributed by atoms with Gasteiger partial charge in [0.25, 0.3) is 11.6 Å². The van der Waals surface area contributed by atoms with Crippen LogP contribution in [0.4, 0.5) is 24.5 Å². The number of rotatable bonds is 6. The third-order valence-electron chi connectivity index (χ3n) is 3.36. The van der Waals surface area contributed by atoms with E-state index in [1.807, 2.05) is 6.92 Å². The van der Waals surface area contributed by atoms with Gasteiger partial charge in [0.15, 0.2) is 0 Å². The molecule has 0 saturated carbocycles. The molecule has 2 aromatic carbocycles. The van der Waals surface area contributed by atoms with Crippen molar-refractivity contribution in [3.05, 3.63) is 63.7 Å². The molecule has 0 aromatic heterocycles. The van der Waals surface area contributed by atoms with Crippen LogP contribution in [-0.2, 0) is 6.18 Å². The summed E-state index contributed by atoms with van der Waals surface area (Å²) in [4.78, 5) is 22.7. The highest BCUT2D eigenvalue weighted by molar-refractivity contribution is 6.05. The predicted molar refractivity (Wildman–Crippen MR) is 88.3 cm³/mol. The Hall–Kier alpha value is -3.10. The summed E-state index contributed by atoms with van der Waals surface area (Å²) in [5.41, 5.74) is -1.40. The van der Waals surface area contributed by atoms with E-state index in [0.717, 1.165) is 30.7 Å². The lowest BCUT2D eigenvalue weighted by Gasteiger charge is -2.10. The molecule has 1 N–H and O–H groups in total. The summed E-state index contributed by atoms with van der Waals surface area (Å²) in [6.45, 7) is 2.27. The minimum Gasteiger partial charge on any atom is -0.493 e. The number of nitrogens with one attached hydrogen (secondary N) is 1. The van der Waals surface area contributed by atoms with Gasteiger partial charge >= 0.3 is 6.18 Å². The third kappa shape index (κ3) is 4.71. The highest BCUT2D eigenvalue weighted by atomic mass is 19.4. The first kappa shape index (κ1) is 19.2. The summed E-state index contributed by atoms with van der Waals surface area (Å²) in [5, 5.41) is 13.5. The Bertz CT molecular complexity index is 805. The SMILES string of the molecule is CCCOc1ccc(NC(=O)c2ccc(C(F)(F)F)cc2)c([N+](=O)[O-])c1. The summed E-state index contributed by atoms with van der Waals surface area (Å²) in [7, 11) is 0. The zero-order valence-corrected chi connectivity index (χ0v) is 13.7. The van der Waals surface area contributed by atoms with Crippen molar-refractivity contribution in [2.45, 2.75) is 19.5 Å². The minimum atomic E-state index is -4.51. The normalized spacial score (nSPS) is 11.1. The maximum atomic E-state index is 12.5. The Balaban J connectivity index is 2.21. The molecule has 1 amide bonds. The summed E-state index contributed by atoms with van der Waals surface area (Å²) in [5.74, 6) is -0.477. The van der Waals surface area contributed by atoms with Crippen molar-refractivity contribution in [2.24, 2.45) is 0 Å². The molecule has 6 nitrogen and oxygen atoms in total. The second-order valence-corrected chi connectivity index (χ2v) is 5.31. The van der Waals surface area contributed by atoms with Crippen molar-refractivity contribution in [1.29, 1.82) is 0 Å². The molecule has 2 aromatic rings. The first-order valence-corrected chi connectivity index (χ1v) is 7.62. The van der Waals surface area contributed by atoms with Crippen LogP contribution in [0.25, 0.3) is 0 Å². The fourth-order valence-electron chi connectivity index (χ4n) is 2.08. The Labute approximate surface area is 146 Å². The van der Waals surface area contributed by atoms with Crippen molar-refractivity contribution in [2.75, 3.05) is 11.9 Å². The van der Waals surface area contributed by atoms with E-state index in [2.05, 4.69) is 5.32 Å². The fraction of sp³-hybridized carbons (Fsp3) is 0.235. The average Bonchev–Trinajstić information content (AvgIpc) is 2.60. The molecule has 0 aliphatic heterocycles. The third-order valence-corrected chi connectivity index (χ3v) is 3.36. The van der Waals surface area contributed by atoms with E-state index in [-0.39, 0.29) is 22.7 Å². The molecular weight excluding hydrogens is 353 g/mol. The van der Waals surface area contributed by atoms with Gasteiger partial charge in [0, 0.05) is 5.56 Å². The van der Waals surface area contributed by atoms with E-state index >= 15 is 0 Å². The highest BCUT2D eigenvalue weighted by Crippen LogP contribution is 2.31. The van der Waals surface area contributed by atoms with E-state index in [0.29, 0.717) is 6.61 Å². The summed E-state index contributed by atoms with van der Waals surface area (Å²) in [6.07, 6.45) is -3.79. The van der Waals surface area contributed by atoms with Crippen LogP contribution in [0.1, 0.15) is 29.3 Å². The number of carbonyl (C=O) groups is 1. The van der Waals surface area contributed by atoms with Gasteiger partial charge in [-0.05, 0) is 42.8 Å². The number of nitrogens with zero attached hydrogens (tertiary/aromatic N) is 1. The monoisotopic (exact) mass is 368 g/mol. The molecule has 0 unspecified atom stereocenters. The lowest BCUT2D eigenvalue weighted by atomic mass is 10.1. The summed E-state index contributed by atoms with van der Waals surface area (Å²) >= 11 is 0. The maximum absolute atomic E-state index is 12.5. The number of carbonyl (C=O) groups excluding carboxylic acids is 1. The molecule has 0 atom stereocenters. The second kappa shape index (κ2) is 7.85. The molecule has 0 aliphatic rings. The number of ether oxygens (including phenoxy) is 1. The Morgan fingerprint density at radius 3 is 2.38 bits per heavy atom. The molecular formula is C17H15F3N2O4. The smallest absolute Gasteiger partial charge is 0.416 e. The van der Waals surface area contributed by atoms with E-state index in [4.69, 9.17) is 4.74 Å². The molecule has 2 rings (SSSR count). The van der Waals surface area contributed by atoms with E-state index < -0.39 is 22.6 Å². The second-order valence-electron chi connectivity index (χ2n) is 5.31. The topological polar surface area (TPSA) is 81.5 Å². The molecule has 26 heavy (non-hydrogen) atoms. The fourth-order valence-corrected chi connectivity index (χ4v) is 2.08. The summed E-state index contributed by atoms with van der Waals surface area (Å²) in [6, 6.07) is 7.50. The molecule has 9 heteroatoms. The number of nitro benzene ring substituents is 1. The van der Waals surface area contributed by atoms with Gasteiger partial charge in [0.1, 0.15) is 11.4 Å². The first-order valence-electron chi connectivity index (χ1n) is 7.62. The van der Waals surface area contributed by atoms with Crippen LogP contribution in [0.3, 0.4) is 0 Å². The molecule has 138 valence electrons. The van der Waals surface area contributed by atoms with E-state index in [9.17, 15) is 28.1 Å². The van der Waals surface area contributed by atoms with E-state index in [1.54, 1.807) is 0 Å². The number of amides is 1. The van der Waals surface area contributed by atoms with Gasteiger partial charge in [-0.15, -0.1) is 0 Å². The zero-order valence-electron chi connectivity index (χ0n) is 13.7. The number of halogens is 3. The Morgan fingerprint density at radius 1 is 1.19 bits per heavy atom. The lowest BCUT2D eigenvalue weighted by Crippen LogP contribution is -2.14. The van der Waals surface area contributed by atoms with Crippen LogP contribution in [0, 0.1) is 10.1 Å². The van der Waals surface area contributed by atoms with Crippen LogP contribution in [0.15, 0.2) is 42.5 Å². The number of alkyl halides is 3. The van der Waals surface area contributed by atoms with Gasteiger partial charge in [-0.1, -0.05) is 6.92 Å². The number of anilines is 1. The van der Waals surface area contributed by atoms with Gasteiger partial charge in [-0.2, -0.15) is 13.2 Å². The van der Waals surface area contributed by atoms with Gasteiger partial charge in [0.05, 0.1) is 23.2 Å². The Morgan fingerprint density at radius 2 is 1.85 bits per heavy atom. The van der Waals surface area contributed by atoms with Crippen molar-refractivity contribution in [3.63, 3.8) is 0 Å². The van der Waals surface area contributed by atoms with Gasteiger partial charge < -0.3 is 10.1 Å². The molecule has 0 bridgehead atoms. The molecule has 0 aliphatic carbocycles. The number of hydrogen-bond donors (Lipinski definition) is 1. The van der Waals surface area contributed by atoms with Gasteiger partial charge in [0.2, 0.25) is 0 Å². The van der Waals surface area contributed by atoms with Crippen LogP contribution in [0.2, 0.25) is 0 Å². The molecule has 0 saturated heterocycles. The predicted octanol–water partition coefficient (Wildman–Crippen LogP) is 4.65. The average molecular weight is 368 g/mol. The van der Waals surface area contributed by atoms with E-state index in [1.165, 1.54) is 18.2 Å². The standard InChI is InChI=1S/C17H15F3N2O4/c1-2-9-26-13-7-8-14(15(10-13)22(24)25)21-16(23)11-3-5-12(6-4-11)17(18,19)20/h3-8,10H,2,9H2,1H3,(H,21,23). The van der Waals surface area contributed by atoms with Crippen molar-refractivity contribution in [3.8, 4) is 5.75 Å². The lowest BCUT2D eigenvalue weighted by molar-refractivity contribution is -0.384. The summed E-state index contributed by atoms with van der Waals surface area (Å²) < 4.78 is 43.0. The highest BCUT2D eigenvalue weighted by Gasteiger charge is 2.30. The van der Waals surface area contributed by atoms with Crippen LogP contribution in [0.5, 0.6) is 5.75 Å². The van der Waals surface area contributed by atoms with Crippen molar-refractivity contribution >= 4 is 17.3 Å². The quantitative estimate of drug-likeness (QED) is 0.594. The molecule has 0 fully saturated rings.